The molecule has 0 radical (unpaired) electrons. The lowest BCUT2D eigenvalue weighted by Crippen LogP contribution is -2.60. The molecule has 1 fully saturated rings. The minimum Gasteiger partial charge on any atom is -0.461 e. The maximum Gasteiger partial charge on any atom is 0.308 e. The van der Waals surface area contributed by atoms with Gasteiger partial charge in [0, 0.05) is 13.1 Å². The van der Waals surface area contributed by atoms with Crippen LogP contribution in [0.25, 0.3) is 0 Å². The van der Waals surface area contributed by atoms with Crippen molar-refractivity contribution in [2.24, 2.45) is 0 Å². The van der Waals surface area contributed by atoms with Crippen LogP contribution in [0.2, 0.25) is 0 Å². The van der Waals surface area contributed by atoms with Crippen molar-refractivity contribution in [3.05, 3.63) is 58.5 Å². The number of nitrogens with zero attached hydrogens (tertiary/aromatic N) is 1. The predicted octanol–water partition coefficient (Wildman–Crippen LogP) is 1.99. The normalized spacial score (nSPS) is 16.1. The highest BCUT2D eigenvalue weighted by molar-refractivity contribution is 9.10. The van der Waals surface area contributed by atoms with Crippen LogP contribution in [0, 0.1) is 0 Å². The van der Waals surface area contributed by atoms with E-state index in [4.69, 9.17) is 21.4 Å². The van der Waals surface area contributed by atoms with Crippen LogP contribution in [0.1, 0.15) is 22.5 Å². The fraction of sp³-hybridized carbons (Fsp3) is 0.263. The summed E-state index contributed by atoms with van der Waals surface area (Å²) in [4.78, 5) is 38.3. The van der Waals surface area contributed by atoms with Gasteiger partial charge in [-0.3, -0.25) is 19.7 Å². The van der Waals surface area contributed by atoms with Crippen molar-refractivity contribution >= 4 is 51.0 Å². The number of ether oxygens (including phenoxy) is 1. The summed E-state index contributed by atoms with van der Waals surface area (Å²) < 4.78 is 10.9. The van der Waals surface area contributed by atoms with Crippen molar-refractivity contribution < 1.29 is 23.5 Å². The van der Waals surface area contributed by atoms with Crippen molar-refractivity contribution in [3.8, 4) is 0 Å². The Labute approximate surface area is 180 Å². The molecule has 3 rings (SSSR count). The van der Waals surface area contributed by atoms with Gasteiger partial charge in [0.1, 0.15) is 12.6 Å². The van der Waals surface area contributed by atoms with Crippen LogP contribution >= 0.6 is 28.1 Å². The van der Waals surface area contributed by atoms with E-state index in [0.29, 0.717) is 17.8 Å². The molecule has 29 heavy (non-hydrogen) atoms. The Hall–Kier alpha value is -2.72. The monoisotopic (exact) mass is 479 g/mol. The molecule has 1 aromatic carbocycles. The first-order chi connectivity index (χ1) is 13.9. The van der Waals surface area contributed by atoms with Crippen molar-refractivity contribution in [3.63, 3.8) is 0 Å². The van der Waals surface area contributed by atoms with Gasteiger partial charge >= 0.3 is 5.97 Å². The fourth-order valence-electron chi connectivity index (χ4n) is 2.78. The van der Waals surface area contributed by atoms with Gasteiger partial charge in [-0.2, -0.15) is 0 Å². The third-order valence-electron chi connectivity index (χ3n) is 4.21. The Morgan fingerprint density at radius 3 is 2.72 bits per heavy atom. The summed E-state index contributed by atoms with van der Waals surface area (Å²) in [5.74, 6) is -1.37. The summed E-state index contributed by atoms with van der Waals surface area (Å²) in [6.07, 6.45) is -0.193. The smallest absolute Gasteiger partial charge is 0.308 e. The fourth-order valence-corrected chi connectivity index (χ4v) is 3.40. The Bertz CT molecular complexity index is 918. The molecule has 2 aromatic rings. The molecule has 1 aromatic heterocycles. The van der Waals surface area contributed by atoms with E-state index in [1.165, 1.54) is 11.0 Å². The second-order valence-electron chi connectivity index (χ2n) is 6.21. The van der Waals surface area contributed by atoms with Crippen molar-refractivity contribution in [1.29, 1.82) is 0 Å². The molecular formula is C19H18BrN3O5S. The maximum atomic E-state index is 12.3. The molecule has 0 bridgehead atoms. The van der Waals surface area contributed by atoms with Gasteiger partial charge in [0.15, 0.2) is 15.5 Å². The zero-order valence-corrected chi connectivity index (χ0v) is 17.6. The average molecular weight is 480 g/mol. The minimum atomic E-state index is -0.872. The third kappa shape index (κ3) is 5.64. The van der Waals surface area contributed by atoms with Crippen molar-refractivity contribution in [1.82, 2.24) is 15.5 Å². The van der Waals surface area contributed by atoms with Crippen LogP contribution < -0.4 is 10.6 Å². The molecule has 0 spiro atoms. The molecule has 152 valence electrons. The molecule has 0 aliphatic carbocycles. The molecule has 1 saturated heterocycles. The Morgan fingerprint density at radius 1 is 1.28 bits per heavy atom. The van der Waals surface area contributed by atoms with Crippen LogP contribution in [0.5, 0.6) is 0 Å². The number of carbonyl (C=O) groups excluding carboxylic acids is 3. The molecule has 1 unspecified atom stereocenters. The number of carbonyl (C=O) groups is 3. The van der Waals surface area contributed by atoms with Crippen LogP contribution in [0.3, 0.4) is 0 Å². The van der Waals surface area contributed by atoms with Gasteiger partial charge < -0.3 is 19.4 Å². The van der Waals surface area contributed by atoms with E-state index < -0.39 is 17.9 Å². The van der Waals surface area contributed by atoms with E-state index in [1.807, 2.05) is 30.3 Å². The number of hydrogen-bond acceptors (Lipinski definition) is 6. The first-order valence-corrected chi connectivity index (χ1v) is 9.98. The van der Waals surface area contributed by atoms with Gasteiger partial charge in [-0.25, -0.2) is 0 Å². The quantitative estimate of drug-likeness (QED) is 0.499. The number of esters is 1. The summed E-state index contributed by atoms with van der Waals surface area (Å²) in [7, 11) is 0. The molecule has 1 aliphatic rings. The summed E-state index contributed by atoms with van der Waals surface area (Å²) in [6, 6.07) is 11.4. The van der Waals surface area contributed by atoms with E-state index in [0.717, 1.165) is 5.56 Å². The number of piperazine rings is 1. The molecule has 8 nitrogen and oxygen atoms in total. The molecule has 1 atom stereocenters. The second kappa shape index (κ2) is 9.66. The molecule has 0 saturated carbocycles. The average Bonchev–Trinajstić information content (AvgIpc) is 3.15. The summed E-state index contributed by atoms with van der Waals surface area (Å²) in [5.41, 5.74) is 0.846. The molecular weight excluding hydrogens is 462 g/mol. The predicted molar refractivity (Wildman–Crippen MR) is 111 cm³/mol. The summed E-state index contributed by atoms with van der Waals surface area (Å²) in [5, 5.41) is 5.27. The molecule has 2 N–H and O–H groups in total. The lowest BCUT2D eigenvalue weighted by Gasteiger charge is -2.36. The van der Waals surface area contributed by atoms with Gasteiger partial charge in [-0.1, -0.05) is 30.3 Å². The second-order valence-corrected chi connectivity index (χ2v) is 7.38. The van der Waals surface area contributed by atoms with E-state index in [2.05, 4.69) is 26.6 Å². The van der Waals surface area contributed by atoms with Gasteiger partial charge in [0.25, 0.3) is 5.91 Å². The minimum absolute atomic E-state index is 0.0400. The van der Waals surface area contributed by atoms with Crippen molar-refractivity contribution in [2.75, 3.05) is 13.1 Å². The Morgan fingerprint density at radius 2 is 2.03 bits per heavy atom. The van der Waals surface area contributed by atoms with Gasteiger partial charge in [0.2, 0.25) is 5.91 Å². The van der Waals surface area contributed by atoms with Crippen LogP contribution in [0.15, 0.2) is 51.6 Å². The Balaban J connectivity index is 1.60. The summed E-state index contributed by atoms with van der Waals surface area (Å²) in [6.45, 7) is 0.808. The number of amides is 2. The topological polar surface area (TPSA) is 101 Å². The first-order valence-electron chi connectivity index (χ1n) is 8.78. The lowest BCUT2D eigenvalue weighted by atomic mass is 10.1. The number of benzene rings is 1. The molecule has 1 aliphatic heterocycles. The van der Waals surface area contributed by atoms with Crippen LogP contribution in [-0.4, -0.2) is 46.9 Å². The SMILES string of the molecule is O=C(CC1C(=O)NCCN1C(=S)NC(=O)c1ccc(Br)o1)OCc1ccccc1. The van der Waals surface area contributed by atoms with E-state index in [1.54, 1.807) is 6.07 Å². The molecule has 10 heteroatoms. The van der Waals surface area contributed by atoms with E-state index >= 15 is 0 Å². The number of halogens is 1. The van der Waals surface area contributed by atoms with Gasteiger partial charge in [-0.05, 0) is 45.8 Å². The highest BCUT2D eigenvalue weighted by atomic mass is 79.9. The van der Waals surface area contributed by atoms with Crippen molar-refractivity contribution in [2.45, 2.75) is 19.1 Å². The largest absolute Gasteiger partial charge is 0.461 e. The number of rotatable bonds is 5. The molecule has 2 amide bonds. The Kier molecular flexibility index (Phi) is 6.99. The maximum absolute atomic E-state index is 12.3. The zero-order valence-electron chi connectivity index (χ0n) is 15.2. The lowest BCUT2D eigenvalue weighted by molar-refractivity contribution is -0.148. The summed E-state index contributed by atoms with van der Waals surface area (Å²) >= 11 is 8.41. The van der Waals surface area contributed by atoms with E-state index in [9.17, 15) is 14.4 Å². The third-order valence-corrected chi connectivity index (χ3v) is 4.97. The number of thiocarbonyl (C=S) groups is 1. The van der Waals surface area contributed by atoms with Gasteiger partial charge in [-0.15, -0.1) is 0 Å². The van der Waals surface area contributed by atoms with Gasteiger partial charge in [0.05, 0.1) is 6.42 Å². The highest BCUT2D eigenvalue weighted by Gasteiger charge is 2.34. The van der Waals surface area contributed by atoms with Crippen LogP contribution in [-0.2, 0) is 20.9 Å². The highest BCUT2D eigenvalue weighted by Crippen LogP contribution is 2.15. The van der Waals surface area contributed by atoms with E-state index in [-0.39, 0.29) is 29.8 Å². The number of furan rings is 1. The first kappa shape index (κ1) is 21.0. The number of nitrogens with one attached hydrogen (secondary N) is 2. The molecule has 2 heterocycles. The number of hydrogen-bond donors (Lipinski definition) is 2. The standard InChI is InChI=1S/C19H18BrN3O5S/c20-15-7-6-14(28-15)18(26)22-19(29)23-9-8-21-17(25)13(23)10-16(24)27-11-12-4-2-1-3-5-12/h1-7,13H,8-11H2,(H,21,25)(H,22,26,29). The van der Waals surface area contributed by atoms with Crippen LogP contribution in [0.4, 0.5) is 0 Å². The zero-order chi connectivity index (χ0) is 20.8.